The van der Waals surface area contributed by atoms with E-state index >= 15 is 0 Å². The summed E-state index contributed by atoms with van der Waals surface area (Å²) >= 11 is 0. The van der Waals surface area contributed by atoms with E-state index in [9.17, 15) is 9.18 Å². The number of carbonyl (C=O) groups is 1. The minimum atomic E-state index is -0.554. The predicted molar refractivity (Wildman–Crippen MR) is 80.6 cm³/mol. The van der Waals surface area contributed by atoms with E-state index in [0.29, 0.717) is 23.7 Å². The van der Waals surface area contributed by atoms with E-state index in [1.165, 1.54) is 12.1 Å². The van der Waals surface area contributed by atoms with Gasteiger partial charge in [0.25, 0.3) is 0 Å². The number of fused-ring (bicyclic) bond motifs is 2. The molecule has 5 heteroatoms. The average molecular weight is 301 g/mol. The molecule has 2 aliphatic heterocycles. The van der Waals surface area contributed by atoms with Gasteiger partial charge >= 0.3 is 0 Å². The number of benzene rings is 1. The van der Waals surface area contributed by atoms with E-state index in [2.05, 4.69) is 18.7 Å². The highest BCUT2D eigenvalue weighted by atomic mass is 19.1. The van der Waals surface area contributed by atoms with Crippen LogP contribution in [0.1, 0.15) is 31.4 Å². The molecular weight excluding hydrogens is 281 g/mol. The zero-order valence-corrected chi connectivity index (χ0v) is 12.9. The van der Waals surface area contributed by atoms with Crippen LogP contribution >= 0.6 is 0 Å². The smallest absolute Gasteiger partial charge is 0.227 e. The van der Waals surface area contributed by atoms with E-state index in [0.717, 1.165) is 19.5 Å². The van der Waals surface area contributed by atoms with Gasteiger partial charge in [-0.05, 0) is 38.0 Å². The molecule has 2 bridgehead atoms. The van der Waals surface area contributed by atoms with Crippen LogP contribution in [0.5, 0.6) is 0 Å². The van der Waals surface area contributed by atoms with Crippen molar-refractivity contribution in [3.8, 4) is 6.07 Å². The second-order valence-electron chi connectivity index (χ2n) is 6.48. The zero-order chi connectivity index (χ0) is 15.9. The van der Waals surface area contributed by atoms with Crippen molar-refractivity contribution < 1.29 is 9.18 Å². The molecule has 0 radical (unpaired) electrons. The second kappa shape index (κ2) is 5.69. The van der Waals surface area contributed by atoms with Crippen LogP contribution in [0.2, 0.25) is 0 Å². The molecule has 3 rings (SSSR count). The number of hydrogen-bond acceptors (Lipinski definition) is 3. The summed E-state index contributed by atoms with van der Waals surface area (Å²) in [5, 5.41) is 8.74. The molecule has 2 atom stereocenters. The summed E-state index contributed by atoms with van der Waals surface area (Å²) in [6.45, 7) is 6.09. The molecular formula is C17H20FN3O. The van der Waals surface area contributed by atoms with Crippen molar-refractivity contribution in [2.75, 3.05) is 13.1 Å². The molecule has 0 aromatic heterocycles. The predicted octanol–water partition coefficient (Wildman–Crippen LogP) is 1.93. The van der Waals surface area contributed by atoms with Crippen molar-refractivity contribution in [2.24, 2.45) is 0 Å². The summed E-state index contributed by atoms with van der Waals surface area (Å²) in [6, 6.07) is 7.46. The van der Waals surface area contributed by atoms with Gasteiger partial charge in [0, 0.05) is 31.2 Å². The number of likely N-dealkylation sites (tertiary alicyclic amines) is 2. The number of rotatable bonds is 3. The van der Waals surface area contributed by atoms with Crippen LogP contribution in [-0.4, -0.2) is 46.9 Å². The molecule has 2 unspecified atom stereocenters. The third-order valence-corrected chi connectivity index (χ3v) is 4.78. The third-order valence-electron chi connectivity index (χ3n) is 4.78. The zero-order valence-electron chi connectivity index (χ0n) is 12.9. The maximum atomic E-state index is 13.6. The number of hydrogen-bond donors (Lipinski definition) is 0. The number of amides is 1. The van der Waals surface area contributed by atoms with Gasteiger partial charge in [-0.1, -0.05) is 6.07 Å². The van der Waals surface area contributed by atoms with Crippen molar-refractivity contribution in [1.82, 2.24) is 9.80 Å². The molecule has 1 amide bonds. The van der Waals surface area contributed by atoms with Gasteiger partial charge in [-0.25, -0.2) is 4.39 Å². The standard InChI is InChI=1S/C17H20FN3O/c1-11(2)20-9-15-7-14(20)10-21(15)17(22)6-12-3-4-13(8-19)16(18)5-12/h3-5,11,14-15H,6-7,9-10H2,1-2H3. The Morgan fingerprint density at radius 3 is 2.73 bits per heavy atom. The average Bonchev–Trinajstić information content (AvgIpc) is 3.07. The molecule has 2 saturated heterocycles. The third kappa shape index (κ3) is 2.59. The minimum Gasteiger partial charge on any atom is -0.337 e. The van der Waals surface area contributed by atoms with E-state index in [-0.39, 0.29) is 17.9 Å². The fraction of sp³-hybridized carbons (Fsp3) is 0.529. The van der Waals surface area contributed by atoms with Gasteiger partial charge in [-0.15, -0.1) is 0 Å². The lowest BCUT2D eigenvalue weighted by Gasteiger charge is -2.36. The van der Waals surface area contributed by atoms with Crippen molar-refractivity contribution in [2.45, 2.75) is 44.8 Å². The molecule has 1 aromatic rings. The number of halogens is 1. The molecule has 0 aliphatic carbocycles. The quantitative estimate of drug-likeness (QED) is 0.857. The van der Waals surface area contributed by atoms with Crippen LogP contribution in [0.15, 0.2) is 18.2 Å². The van der Waals surface area contributed by atoms with Gasteiger partial charge in [0.1, 0.15) is 11.9 Å². The van der Waals surface area contributed by atoms with Crippen LogP contribution in [0.3, 0.4) is 0 Å². The summed E-state index contributed by atoms with van der Waals surface area (Å²) in [4.78, 5) is 16.9. The topological polar surface area (TPSA) is 47.3 Å². The Labute approximate surface area is 130 Å². The van der Waals surface area contributed by atoms with Crippen LogP contribution < -0.4 is 0 Å². The summed E-state index contributed by atoms with van der Waals surface area (Å²) < 4.78 is 13.6. The summed E-state index contributed by atoms with van der Waals surface area (Å²) in [5.74, 6) is -0.498. The molecule has 0 spiro atoms. The molecule has 2 fully saturated rings. The van der Waals surface area contributed by atoms with Gasteiger partial charge in [-0.2, -0.15) is 5.26 Å². The highest BCUT2D eigenvalue weighted by Gasteiger charge is 2.45. The van der Waals surface area contributed by atoms with Gasteiger partial charge in [0.2, 0.25) is 5.91 Å². The van der Waals surface area contributed by atoms with Gasteiger partial charge in [-0.3, -0.25) is 9.69 Å². The highest BCUT2D eigenvalue weighted by Crippen LogP contribution is 2.32. The SMILES string of the molecule is CC(C)N1CC2CC1CN2C(=O)Cc1ccc(C#N)c(F)c1. The largest absolute Gasteiger partial charge is 0.337 e. The Kier molecular flexibility index (Phi) is 3.88. The lowest BCUT2D eigenvalue weighted by molar-refractivity contribution is -0.133. The first kappa shape index (κ1) is 15.0. The monoisotopic (exact) mass is 301 g/mol. The van der Waals surface area contributed by atoms with Gasteiger partial charge in [0.15, 0.2) is 0 Å². The van der Waals surface area contributed by atoms with Crippen molar-refractivity contribution in [3.63, 3.8) is 0 Å². The molecule has 0 saturated carbocycles. The lowest BCUT2D eigenvalue weighted by atomic mass is 10.1. The minimum absolute atomic E-state index is 0.0176. The van der Waals surface area contributed by atoms with Crippen molar-refractivity contribution in [1.29, 1.82) is 5.26 Å². The number of carbonyl (C=O) groups excluding carboxylic acids is 1. The van der Waals surface area contributed by atoms with Crippen LogP contribution in [0.25, 0.3) is 0 Å². The second-order valence-corrected chi connectivity index (χ2v) is 6.48. The molecule has 4 nitrogen and oxygen atoms in total. The van der Waals surface area contributed by atoms with Gasteiger partial charge in [0.05, 0.1) is 12.0 Å². The number of nitrogens with zero attached hydrogens (tertiary/aromatic N) is 3. The molecule has 2 heterocycles. The Bertz CT molecular complexity index is 637. The molecule has 22 heavy (non-hydrogen) atoms. The van der Waals surface area contributed by atoms with Crippen LogP contribution in [0.4, 0.5) is 4.39 Å². The Hall–Kier alpha value is -1.93. The maximum absolute atomic E-state index is 13.6. The van der Waals surface area contributed by atoms with E-state index in [4.69, 9.17) is 5.26 Å². The first-order chi connectivity index (χ1) is 10.5. The Balaban J connectivity index is 1.65. The maximum Gasteiger partial charge on any atom is 0.227 e. The van der Waals surface area contributed by atoms with Crippen LogP contribution in [0, 0.1) is 17.1 Å². The van der Waals surface area contributed by atoms with E-state index in [1.54, 1.807) is 12.1 Å². The first-order valence-corrected chi connectivity index (χ1v) is 7.73. The first-order valence-electron chi connectivity index (χ1n) is 7.73. The van der Waals surface area contributed by atoms with Crippen molar-refractivity contribution >= 4 is 5.91 Å². The summed E-state index contributed by atoms with van der Waals surface area (Å²) in [5.41, 5.74) is 0.647. The molecule has 116 valence electrons. The fourth-order valence-electron chi connectivity index (χ4n) is 3.67. The van der Waals surface area contributed by atoms with Crippen molar-refractivity contribution in [3.05, 3.63) is 35.1 Å². The lowest BCUT2D eigenvalue weighted by Crippen LogP contribution is -2.51. The normalized spacial score (nSPS) is 24.0. The summed E-state index contributed by atoms with van der Waals surface area (Å²) in [6.07, 6.45) is 1.25. The summed E-state index contributed by atoms with van der Waals surface area (Å²) in [7, 11) is 0. The van der Waals surface area contributed by atoms with E-state index < -0.39 is 5.82 Å². The number of piperazine rings is 1. The Morgan fingerprint density at radius 2 is 2.18 bits per heavy atom. The van der Waals surface area contributed by atoms with E-state index in [1.807, 2.05) is 4.90 Å². The van der Waals surface area contributed by atoms with Crippen LogP contribution in [-0.2, 0) is 11.2 Å². The fourth-order valence-corrected chi connectivity index (χ4v) is 3.67. The molecule has 2 aliphatic rings. The molecule has 0 N–H and O–H groups in total. The molecule has 1 aromatic carbocycles. The highest BCUT2D eigenvalue weighted by molar-refractivity contribution is 5.79. The van der Waals surface area contributed by atoms with Gasteiger partial charge < -0.3 is 4.90 Å². The number of nitriles is 1. The Morgan fingerprint density at radius 1 is 1.41 bits per heavy atom.